The van der Waals surface area contributed by atoms with Gasteiger partial charge in [-0.3, -0.25) is 9.59 Å². The summed E-state index contributed by atoms with van der Waals surface area (Å²) in [7, 11) is 0. The molecule has 0 aliphatic heterocycles. The van der Waals surface area contributed by atoms with E-state index in [1.807, 2.05) is 20.8 Å². The fourth-order valence-electron chi connectivity index (χ4n) is 0.818. The summed E-state index contributed by atoms with van der Waals surface area (Å²) >= 11 is 1.38. The molecule has 0 aromatic carbocycles. The largest absolute Gasteiger partial charge is 0.369 e. The Bertz CT molecular complexity index is 211. The predicted molar refractivity (Wildman–Crippen MR) is 59.0 cm³/mol. The summed E-state index contributed by atoms with van der Waals surface area (Å²) < 4.78 is 0. The van der Waals surface area contributed by atoms with Gasteiger partial charge in [-0.1, -0.05) is 0 Å². The Hall–Kier alpha value is -0.710. The van der Waals surface area contributed by atoms with Crippen LogP contribution >= 0.6 is 11.8 Å². The van der Waals surface area contributed by atoms with Crippen LogP contribution < -0.4 is 11.1 Å². The first-order valence-corrected chi connectivity index (χ1v) is 5.64. The van der Waals surface area contributed by atoms with Crippen LogP contribution in [0.15, 0.2) is 0 Å². The maximum atomic E-state index is 11.3. The molecular weight excluding hydrogens is 200 g/mol. The van der Waals surface area contributed by atoms with E-state index in [0.29, 0.717) is 12.2 Å². The fraction of sp³-hybridized carbons (Fsp3) is 0.778. The van der Waals surface area contributed by atoms with E-state index in [0.717, 1.165) is 0 Å². The molecule has 0 saturated carbocycles. The second-order valence-corrected chi connectivity index (χ2v) is 5.17. The minimum Gasteiger partial charge on any atom is -0.369 e. The van der Waals surface area contributed by atoms with Crippen LogP contribution in [0.3, 0.4) is 0 Å². The minimum absolute atomic E-state index is 0.00877. The Labute approximate surface area is 89.0 Å². The molecule has 14 heavy (non-hydrogen) atoms. The molecule has 0 spiro atoms. The van der Waals surface area contributed by atoms with Gasteiger partial charge in [0.2, 0.25) is 11.8 Å². The summed E-state index contributed by atoms with van der Waals surface area (Å²) in [5.74, 6) is 0.578. The maximum Gasteiger partial charge on any atom is 0.227 e. The predicted octanol–water partition coefficient (Wildman–Crippen LogP) is 0.510. The lowest BCUT2D eigenvalue weighted by Crippen LogP contribution is -2.40. The molecule has 5 heteroatoms. The van der Waals surface area contributed by atoms with E-state index in [1.54, 1.807) is 0 Å². The van der Waals surface area contributed by atoms with Gasteiger partial charge in [0.15, 0.2) is 0 Å². The number of carbonyl (C=O) groups is 2. The van der Waals surface area contributed by atoms with Crippen LogP contribution in [0.4, 0.5) is 0 Å². The van der Waals surface area contributed by atoms with Crippen molar-refractivity contribution in [3.8, 4) is 0 Å². The van der Waals surface area contributed by atoms with E-state index >= 15 is 0 Å². The van der Waals surface area contributed by atoms with E-state index < -0.39 is 0 Å². The fourth-order valence-corrected chi connectivity index (χ4v) is 1.49. The van der Waals surface area contributed by atoms with E-state index in [-0.39, 0.29) is 23.1 Å². The van der Waals surface area contributed by atoms with Crippen LogP contribution in [-0.4, -0.2) is 28.9 Å². The van der Waals surface area contributed by atoms with Gasteiger partial charge in [0.05, 0.1) is 5.75 Å². The average molecular weight is 218 g/mol. The lowest BCUT2D eigenvalue weighted by molar-refractivity contribution is -0.122. The van der Waals surface area contributed by atoms with Crippen molar-refractivity contribution in [3.63, 3.8) is 0 Å². The van der Waals surface area contributed by atoms with Crippen molar-refractivity contribution in [1.29, 1.82) is 0 Å². The summed E-state index contributed by atoms with van der Waals surface area (Å²) in [6.45, 7) is 5.80. The number of rotatable bonds is 5. The van der Waals surface area contributed by atoms with E-state index in [4.69, 9.17) is 5.73 Å². The number of nitrogens with two attached hydrogens (primary N) is 1. The van der Waals surface area contributed by atoms with Crippen molar-refractivity contribution in [3.05, 3.63) is 0 Å². The zero-order chi connectivity index (χ0) is 11.2. The van der Waals surface area contributed by atoms with E-state index in [1.165, 1.54) is 11.8 Å². The first-order valence-electron chi connectivity index (χ1n) is 4.48. The van der Waals surface area contributed by atoms with Crippen molar-refractivity contribution in [2.45, 2.75) is 32.7 Å². The van der Waals surface area contributed by atoms with Crippen molar-refractivity contribution in [2.75, 3.05) is 11.5 Å². The molecule has 0 unspecified atom stereocenters. The minimum atomic E-state index is -0.341. The van der Waals surface area contributed by atoms with Crippen molar-refractivity contribution >= 4 is 23.6 Å². The van der Waals surface area contributed by atoms with Gasteiger partial charge in [0.25, 0.3) is 0 Å². The van der Waals surface area contributed by atoms with Crippen molar-refractivity contribution < 1.29 is 9.59 Å². The molecule has 82 valence electrons. The molecule has 0 aliphatic rings. The van der Waals surface area contributed by atoms with Crippen molar-refractivity contribution in [2.24, 2.45) is 5.73 Å². The maximum absolute atomic E-state index is 11.3. The molecule has 0 aliphatic carbocycles. The molecule has 0 rings (SSSR count). The van der Waals surface area contributed by atoms with Gasteiger partial charge in [-0.2, -0.15) is 11.8 Å². The molecule has 0 heterocycles. The lowest BCUT2D eigenvalue weighted by atomic mass is 10.1. The second-order valence-electron chi connectivity index (χ2n) is 4.07. The molecule has 0 aromatic heterocycles. The van der Waals surface area contributed by atoms with Gasteiger partial charge < -0.3 is 11.1 Å². The third kappa shape index (κ3) is 9.38. The smallest absolute Gasteiger partial charge is 0.227 e. The Morgan fingerprint density at radius 1 is 1.36 bits per heavy atom. The summed E-state index contributed by atoms with van der Waals surface area (Å²) in [4.78, 5) is 21.6. The molecule has 0 saturated heterocycles. The normalized spacial score (nSPS) is 11.1. The third-order valence-corrected chi connectivity index (χ3v) is 2.21. The first kappa shape index (κ1) is 13.3. The summed E-state index contributed by atoms with van der Waals surface area (Å²) in [6, 6.07) is 0. The van der Waals surface area contributed by atoms with Crippen LogP contribution in [0.25, 0.3) is 0 Å². The van der Waals surface area contributed by atoms with Gasteiger partial charge in [-0.25, -0.2) is 0 Å². The van der Waals surface area contributed by atoms with Crippen molar-refractivity contribution in [1.82, 2.24) is 5.32 Å². The van der Waals surface area contributed by atoms with Crippen LogP contribution in [0.5, 0.6) is 0 Å². The Morgan fingerprint density at radius 2 is 1.93 bits per heavy atom. The average Bonchev–Trinajstić information content (AvgIpc) is 1.94. The number of nitrogens with one attached hydrogen (secondary N) is 1. The van der Waals surface area contributed by atoms with Gasteiger partial charge in [0, 0.05) is 17.7 Å². The SMILES string of the molecule is CC(C)(C)NC(=O)CCSCC(N)=O. The monoisotopic (exact) mass is 218 g/mol. The summed E-state index contributed by atoms with van der Waals surface area (Å²) in [5.41, 5.74) is 4.76. The van der Waals surface area contributed by atoms with E-state index in [2.05, 4.69) is 5.32 Å². The van der Waals surface area contributed by atoms with Crippen LogP contribution in [0.2, 0.25) is 0 Å². The molecule has 0 bridgehead atoms. The number of hydrogen-bond acceptors (Lipinski definition) is 3. The van der Waals surface area contributed by atoms with E-state index in [9.17, 15) is 9.59 Å². The Balaban J connectivity index is 3.50. The molecule has 3 N–H and O–H groups in total. The Morgan fingerprint density at radius 3 is 2.36 bits per heavy atom. The summed E-state index contributed by atoms with van der Waals surface area (Å²) in [6.07, 6.45) is 0.426. The highest BCUT2D eigenvalue weighted by Crippen LogP contribution is 2.03. The Kier molecular flexibility index (Phi) is 5.60. The molecule has 4 nitrogen and oxygen atoms in total. The highest BCUT2D eigenvalue weighted by atomic mass is 32.2. The molecule has 0 atom stereocenters. The zero-order valence-corrected chi connectivity index (χ0v) is 9.74. The van der Waals surface area contributed by atoms with Gasteiger partial charge in [-0.05, 0) is 20.8 Å². The van der Waals surface area contributed by atoms with Gasteiger partial charge >= 0.3 is 0 Å². The highest BCUT2D eigenvalue weighted by Gasteiger charge is 2.12. The number of amides is 2. The second kappa shape index (κ2) is 5.90. The lowest BCUT2D eigenvalue weighted by Gasteiger charge is -2.20. The number of primary amides is 1. The topological polar surface area (TPSA) is 72.2 Å². The highest BCUT2D eigenvalue weighted by molar-refractivity contribution is 7.99. The first-order chi connectivity index (χ1) is 6.31. The molecule has 2 amide bonds. The quantitative estimate of drug-likeness (QED) is 0.660. The number of carbonyl (C=O) groups excluding carboxylic acids is 2. The number of thioether (sulfide) groups is 1. The van der Waals surface area contributed by atoms with Gasteiger partial charge in [-0.15, -0.1) is 0 Å². The summed E-state index contributed by atoms with van der Waals surface area (Å²) in [5, 5.41) is 2.84. The van der Waals surface area contributed by atoms with Crippen LogP contribution in [0.1, 0.15) is 27.2 Å². The molecule has 0 radical (unpaired) electrons. The third-order valence-electron chi connectivity index (χ3n) is 1.23. The standard InChI is InChI=1S/C9H18N2O2S/c1-9(2,3)11-8(13)4-5-14-6-7(10)12/h4-6H2,1-3H3,(H2,10,12)(H,11,13). The number of hydrogen-bond donors (Lipinski definition) is 2. The molecule has 0 aromatic rings. The van der Waals surface area contributed by atoms with Gasteiger partial charge in [0.1, 0.15) is 0 Å². The molecule has 0 fully saturated rings. The zero-order valence-electron chi connectivity index (χ0n) is 8.92. The molecular formula is C9H18N2O2S. The van der Waals surface area contributed by atoms with Crippen LogP contribution in [-0.2, 0) is 9.59 Å². The van der Waals surface area contributed by atoms with Crippen LogP contribution in [0, 0.1) is 0 Å².